The largest absolute Gasteiger partial charge is 0.497 e. The Morgan fingerprint density at radius 2 is 1.68 bits per heavy atom. The molecule has 0 aromatic heterocycles. The van der Waals surface area contributed by atoms with Crippen molar-refractivity contribution in [3.8, 4) is 11.5 Å². The molecule has 0 spiro atoms. The number of hydrogen-bond acceptors (Lipinski definition) is 5. The van der Waals surface area contributed by atoms with Gasteiger partial charge in [0.25, 0.3) is 0 Å². The van der Waals surface area contributed by atoms with Crippen LogP contribution in [-0.4, -0.2) is 57.4 Å². The number of quaternary nitrogens is 1. The van der Waals surface area contributed by atoms with Gasteiger partial charge in [0.15, 0.2) is 0 Å². The highest BCUT2D eigenvalue weighted by molar-refractivity contribution is 7.89. The molecule has 0 unspecified atom stereocenters. The van der Waals surface area contributed by atoms with Crippen molar-refractivity contribution in [1.82, 2.24) is 4.72 Å². The highest BCUT2D eigenvalue weighted by Crippen LogP contribution is 2.28. The lowest BCUT2D eigenvalue weighted by Crippen LogP contribution is -3.07. The first-order chi connectivity index (χ1) is 13.2. The number of nitrogens with one attached hydrogen (secondary N) is 2. The van der Waals surface area contributed by atoms with Crippen LogP contribution in [0.25, 0.3) is 0 Å². The molecule has 7 nitrogen and oxygen atoms in total. The van der Waals surface area contributed by atoms with Gasteiger partial charge < -0.3 is 19.3 Å². The molecule has 8 heteroatoms. The van der Waals surface area contributed by atoms with Crippen molar-refractivity contribution in [2.45, 2.75) is 10.9 Å². The van der Waals surface area contributed by atoms with Crippen LogP contribution in [-0.2, 0) is 10.0 Å². The second-order valence-corrected chi connectivity index (χ2v) is 8.72. The summed E-state index contributed by atoms with van der Waals surface area (Å²) in [6.45, 7) is 0.265. The highest BCUT2D eigenvalue weighted by atomic mass is 32.2. The Morgan fingerprint density at radius 3 is 2.18 bits per heavy atom. The van der Waals surface area contributed by atoms with Crippen molar-refractivity contribution in [2.24, 2.45) is 0 Å². The standard InChI is InChI=1S/C20H29N3O4S/c1-22(2)16-9-7-15(8-10-16)18(23(3)4)14-21-28(24,25)20-12-11-17(26-5)13-19(20)27-6/h7-13,18,21H,14H2,1-6H3/p+1/t18-/m1/s1. The molecule has 0 aliphatic heterocycles. The molecule has 2 aromatic carbocycles. The van der Waals surface area contributed by atoms with Crippen molar-refractivity contribution in [3.63, 3.8) is 0 Å². The van der Waals surface area contributed by atoms with Gasteiger partial charge in [-0.05, 0) is 24.3 Å². The second-order valence-electron chi connectivity index (χ2n) is 6.98. The number of likely N-dealkylation sites (N-methyl/N-ethyl adjacent to an activating group) is 1. The van der Waals surface area contributed by atoms with Crippen molar-refractivity contribution < 1.29 is 22.8 Å². The van der Waals surface area contributed by atoms with Crippen LogP contribution in [0.4, 0.5) is 5.69 Å². The van der Waals surface area contributed by atoms with Gasteiger partial charge in [0, 0.05) is 31.4 Å². The smallest absolute Gasteiger partial charge is 0.244 e. The van der Waals surface area contributed by atoms with Gasteiger partial charge in [-0.1, -0.05) is 12.1 Å². The fraction of sp³-hybridized carbons (Fsp3) is 0.400. The summed E-state index contributed by atoms with van der Waals surface area (Å²) < 4.78 is 38.8. The molecule has 2 N–H and O–H groups in total. The first kappa shape index (κ1) is 22.0. The van der Waals surface area contributed by atoms with Crippen LogP contribution in [0.5, 0.6) is 11.5 Å². The maximum absolute atomic E-state index is 12.9. The Morgan fingerprint density at radius 1 is 1.04 bits per heavy atom. The van der Waals surface area contributed by atoms with Gasteiger partial charge in [-0.3, -0.25) is 0 Å². The minimum atomic E-state index is -3.74. The predicted octanol–water partition coefficient (Wildman–Crippen LogP) is 0.934. The number of sulfonamides is 1. The molecule has 2 aromatic rings. The van der Waals surface area contributed by atoms with Gasteiger partial charge in [-0.25, -0.2) is 13.1 Å². The van der Waals surface area contributed by atoms with Crippen LogP contribution < -0.4 is 24.0 Å². The number of hydrogen-bond donors (Lipinski definition) is 2. The summed E-state index contributed by atoms with van der Waals surface area (Å²) in [5, 5.41) is 0. The van der Waals surface area contributed by atoms with E-state index in [9.17, 15) is 8.42 Å². The van der Waals surface area contributed by atoms with Crippen molar-refractivity contribution in [2.75, 3.05) is 53.9 Å². The van der Waals surface area contributed by atoms with E-state index in [-0.39, 0.29) is 23.2 Å². The highest BCUT2D eigenvalue weighted by Gasteiger charge is 2.25. The van der Waals surface area contributed by atoms with Crippen LogP contribution >= 0.6 is 0 Å². The van der Waals surface area contributed by atoms with E-state index in [1.54, 1.807) is 12.1 Å². The van der Waals surface area contributed by atoms with Crippen LogP contribution in [0.3, 0.4) is 0 Å². The number of rotatable bonds is 9. The molecule has 0 aliphatic carbocycles. The minimum absolute atomic E-state index is 0.0322. The third-order valence-electron chi connectivity index (χ3n) is 4.65. The van der Waals surface area contributed by atoms with Gasteiger partial charge in [0.05, 0.1) is 34.9 Å². The molecule has 154 valence electrons. The Balaban J connectivity index is 2.23. The summed E-state index contributed by atoms with van der Waals surface area (Å²) in [6.07, 6.45) is 0. The molecule has 0 fully saturated rings. The zero-order chi connectivity index (χ0) is 20.9. The molecular formula is C20H30N3O4S+. The molecule has 1 atom stereocenters. The number of methoxy groups -OCH3 is 2. The Bertz CT molecular complexity index is 881. The molecule has 0 amide bonds. The number of ether oxygens (including phenoxy) is 2. The average Bonchev–Trinajstić information content (AvgIpc) is 2.67. The summed E-state index contributed by atoms with van der Waals surface area (Å²) >= 11 is 0. The number of benzene rings is 2. The minimum Gasteiger partial charge on any atom is -0.497 e. The SMILES string of the molecule is COc1ccc(S(=O)(=O)NC[C@H](c2ccc(N(C)C)cc2)[NH+](C)C)c(OC)c1. The predicted molar refractivity (Wildman–Crippen MR) is 111 cm³/mol. The van der Waals surface area contributed by atoms with Gasteiger partial charge in [-0.2, -0.15) is 0 Å². The Kier molecular flexibility index (Phi) is 7.29. The molecular weight excluding hydrogens is 378 g/mol. The van der Waals surface area contributed by atoms with Gasteiger partial charge in [0.2, 0.25) is 10.0 Å². The van der Waals surface area contributed by atoms with E-state index in [4.69, 9.17) is 9.47 Å². The van der Waals surface area contributed by atoms with Crippen molar-refractivity contribution >= 4 is 15.7 Å². The Hall–Kier alpha value is -2.29. The molecule has 0 bridgehead atoms. The quantitative estimate of drug-likeness (QED) is 0.646. The molecule has 2 rings (SSSR count). The first-order valence-electron chi connectivity index (χ1n) is 8.98. The van der Waals surface area contributed by atoms with E-state index >= 15 is 0 Å². The van der Waals surface area contributed by atoms with Gasteiger partial charge in [-0.15, -0.1) is 0 Å². The van der Waals surface area contributed by atoms with E-state index < -0.39 is 10.0 Å². The van der Waals surface area contributed by atoms with Crippen LogP contribution in [0, 0.1) is 0 Å². The van der Waals surface area contributed by atoms with E-state index in [0.29, 0.717) is 5.75 Å². The molecule has 28 heavy (non-hydrogen) atoms. The average molecular weight is 409 g/mol. The molecule has 0 heterocycles. The van der Waals surface area contributed by atoms with Crippen LogP contribution in [0.15, 0.2) is 47.4 Å². The first-order valence-corrected chi connectivity index (χ1v) is 10.5. The molecule has 0 saturated carbocycles. The van der Waals surface area contributed by atoms with Gasteiger partial charge >= 0.3 is 0 Å². The van der Waals surface area contributed by atoms with E-state index in [1.807, 2.05) is 57.4 Å². The molecule has 0 radical (unpaired) electrons. The molecule has 0 aliphatic rings. The summed E-state index contributed by atoms with van der Waals surface area (Å²) in [5.74, 6) is 0.781. The van der Waals surface area contributed by atoms with E-state index in [1.165, 1.54) is 20.3 Å². The third-order valence-corrected chi connectivity index (χ3v) is 6.11. The van der Waals surface area contributed by atoms with Crippen LogP contribution in [0.1, 0.15) is 11.6 Å². The van der Waals surface area contributed by atoms with E-state index in [0.717, 1.165) is 16.2 Å². The van der Waals surface area contributed by atoms with Crippen LogP contribution in [0.2, 0.25) is 0 Å². The lowest BCUT2D eigenvalue weighted by atomic mass is 10.1. The van der Waals surface area contributed by atoms with E-state index in [2.05, 4.69) is 4.72 Å². The van der Waals surface area contributed by atoms with Crippen molar-refractivity contribution in [3.05, 3.63) is 48.0 Å². The zero-order valence-electron chi connectivity index (χ0n) is 17.3. The van der Waals surface area contributed by atoms with Crippen molar-refractivity contribution in [1.29, 1.82) is 0 Å². The summed E-state index contributed by atoms with van der Waals surface area (Å²) in [7, 11) is 7.21. The lowest BCUT2D eigenvalue weighted by Gasteiger charge is -2.23. The summed E-state index contributed by atoms with van der Waals surface area (Å²) in [6, 6.07) is 12.8. The summed E-state index contributed by atoms with van der Waals surface area (Å²) in [5.41, 5.74) is 2.16. The van der Waals surface area contributed by atoms with Gasteiger partial charge in [0.1, 0.15) is 22.4 Å². The monoisotopic (exact) mass is 408 g/mol. The fourth-order valence-electron chi connectivity index (χ4n) is 2.93. The fourth-order valence-corrected chi connectivity index (χ4v) is 4.12. The second kappa shape index (κ2) is 9.27. The number of anilines is 1. The lowest BCUT2D eigenvalue weighted by molar-refractivity contribution is -0.890. The topological polar surface area (TPSA) is 72.3 Å². The summed E-state index contributed by atoms with van der Waals surface area (Å²) in [4.78, 5) is 3.24. The zero-order valence-corrected chi connectivity index (χ0v) is 18.1. The normalized spacial score (nSPS) is 12.7. The molecule has 0 saturated heterocycles. The number of nitrogens with zero attached hydrogens (tertiary/aromatic N) is 1. The maximum atomic E-state index is 12.9. The third kappa shape index (κ3) is 5.15. The maximum Gasteiger partial charge on any atom is 0.244 e. The Labute approximate surface area is 167 Å².